The summed E-state index contributed by atoms with van der Waals surface area (Å²) < 4.78 is 0. The SMILES string of the molecule is Cc1cccnc1NC(=O)C1CC(=O)NN1. The van der Waals surface area contributed by atoms with Crippen molar-refractivity contribution in [1.29, 1.82) is 0 Å². The number of hydrogen-bond acceptors (Lipinski definition) is 4. The van der Waals surface area contributed by atoms with E-state index in [-0.39, 0.29) is 18.2 Å². The highest BCUT2D eigenvalue weighted by Crippen LogP contribution is 2.10. The quantitative estimate of drug-likeness (QED) is 0.640. The van der Waals surface area contributed by atoms with Crippen molar-refractivity contribution in [3.8, 4) is 0 Å². The van der Waals surface area contributed by atoms with Crippen LogP contribution in [0.25, 0.3) is 0 Å². The summed E-state index contributed by atoms with van der Waals surface area (Å²) in [6, 6.07) is 3.12. The normalized spacial score (nSPS) is 19.3. The Morgan fingerprint density at radius 2 is 2.44 bits per heavy atom. The van der Waals surface area contributed by atoms with Gasteiger partial charge in [-0.3, -0.25) is 15.0 Å². The summed E-state index contributed by atoms with van der Waals surface area (Å²) in [4.78, 5) is 26.7. The lowest BCUT2D eigenvalue weighted by atomic mass is 10.2. The van der Waals surface area contributed by atoms with Gasteiger partial charge in [0.05, 0.1) is 6.42 Å². The van der Waals surface area contributed by atoms with Gasteiger partial charge >= 0.3 is 0 Å². The van der Waals surface area contributed by atoms with E-state index < -0.39 is 6.04 Å². The predicted molar refractivity (Wildman–Crippen MR) is 57.3 cm³/mol. The van der Waals surface area contributed by atoms with Crippen LogP contribution in [-0.4, -0.2) is 22.8 Å². The topological polar surface area (TPSA) is 83.1 Å². The van der Waals surface area contributed by atoms with Gasteiger partial charge in [-0.2, -0.15) is 0 Å². The first kappa shape index (κ1) is 10.6. The third-order valence-electron chi connectivity index (χ3n) is 2.34. The van der Waals surface area contributed by atoms with E-state index >= 15 is 0 Å². The molecule has 0 aliphatic carbocycles. The van der Waals surface area contributed by atoms with E-state index in [4.69, 9.17) is 0 Å². The Morgan fingerprint density at radius 3 is 3.06 bits per heavy atom. The maximum absolute atomic E-state index is 11.7. The first-order chi connectivity index (χ1) is 7.66. The molecule has 6 nitrogen and oxygen atoms in total. The van der Waals surface area contributed by atoms with E-state index in [9.17, 15) is 9.59 Å². The third kappa shape index (κ3) is 2.17. The average molecular weight is 220 g/mol. The van der Waals surface area contributed by atoms with Crippen LogP contribution < -0.4 is 16.2 Å². The van der Waals surface area contributed by atoms with Gasteiger partial charge in [-0.25, -0.2) is 10.4 Å². The molecular formula is C10H12N4O2. The predicted octanol–water partition coefficient (Wildman–Crippen LogP) is -0.278. The molecule has 1 atom stereocenters. The molecule has 0 saturated carbocycles. The molecule has 2 rings (SSSR count). The number of carbonyl (C=O) groups excluding carboxylic acids is 2. The van der Waals surface area contributed by atoms with Gasteiger partial charge in [-0.1, -0.05) is 6.07 Å². The van der Waals surface area contributed by atoms with Crippen molar-refractivity contribution in [2.45, 2.75) is 19.4 Å². The molecule has 16 heavy (non-hydrogen) atoms. The van der Waals surface area contributed by atoms with E-state index in [0.717, 1.165) is 5.56 Å². The van der Waals surface area contributed by atoms with Crippen LogP contribution in [0.3, 0.4) is 0 Å². The summed E-state index contributed by atoms with van der Waals surface area (Å²) in [5.41, 5.74) is 5.87. The molecule has 1 aromatic heterocycles. The molecule has 2 heterocycles. The fraction of sp³-hybridized carbons (Fsp3) is 0.300. The number of hydrogen-bond donors (Lipinski definition) is 3. The smallest absolute Gasteiger partial charge is 0.245 e. The van der Waals surface area contributed by atoms with Gasteiger partial charge in [0, 0.05) is 6.20 Å². The number of anilines is 1. The maximum Gasteiger partial charge on any atom is 0.245 e. The second kappa shape index (κ2) is 4.28. The molecule has 6 heteroatoms. The number of nitrogens with zero attached hydrogens (tertiary/aromatic N) is 1. The molecule has 1 aliphatic heterocycles. The van der Waals surface area contributed by atoms with Crippen molar-refractivity contribution >= 4 is 17.6 Å². The Bertz CT molecular complexity index is 433. The van der Waals surface area contributed by atoms with Crippen LogP contribution >= 0.6 is 0 Å². The van der Waals surface area contributed by atoms with Gasteiger partial charge in [0.2, 0.25) is 11.8 Å². The average Bonchev–Trinajstić information content (AvgIpc) is 2.68. The molecular weight excluding hydrogens is 208 g/mol. The highest BCUT2D eigenvalue weighted by molar-refractivity contribution is 5.98. The number of nitrogens with one attached hydrogen (secondary N) is 3. The van der Waals surface area contributed by atoms with Gasteiger partial charge in [0.25, 0.3) is 0 Å². The minimum Gasteiger partial charge on any atom is -0.309 e. The van der Waals surface area contributed by atoms with E-state index in [0.29, 0.717) is 5.82 Å². The second-order valence-corrected chi connectivity index (χ2v) is 3.61. The first-order valence-electron chi connectivity index (χ1n) is 4.93. The Morgan fingerprint density at radius 1 is 1.62 bits per heavy atom. The van der Waals surface area contributed by atoms with E-state index in [2.05, 4.69) is 21.2 Å². The Balaban J connectivity index is 2.03. The highest BCUT2D eigenvalue weighted by Gasteiger charge is 2.27. The number of pyridine rings is 1. The van der Waals surface area contributed by atoms with Crippen LogP contribution in [-0.2, 0) is 9.59 Å². The molecule has 84 valence electrons. The first-order valence-corrected chi connectivity index (χ1v) is 4.93. The Labute approximate surface area is 92.4 Å². The molecule has 1 aromatic rings. The van der Waals surface area contributed by atoms with Crippen LogP contribution in [0, 0.1) is 6.92 Å². The van der Waals surface area contributed by atoms with Gasteiger partial charge in [0.15, 0.2) is 0 Å². The van der Waals surface area contributed by atoms with Crippen LogP contribution in [0.15, 0.2) is 18.3 Å². The van der Waals surface area contributed by atoms with Crippen molar-refractivity contribution in [2.24, 2.45) is 0 Å². The minimum atomic E-state index is -0.533. The lowest BCUT2D eigenvalue weighted by molar-refractivity contribution is -0.121. The fourth-order valence-corrected chi connectivity index (χ4v) is 1.43. The summed E-state index contributed by atoms with van der Waals surface area (Å²) in [6.45, 7) is 1.86. The maximum atomic E-state index is 11.7. The molecule has 0 radical (unpaired) electrons. The number of aryl methyl sites for hydroxylation is 1. The zero-order valence-corrected chi connectivity index (χ0v) is 8.78. The van der Waals surface area contributed by atoms with Crippen molar-refractivity contribution < 1.29 is 9.59 Å². The highest BCUT2D eigenvalue weighted by atomic mass is 16.2. The molecule has 1 fully saturated rings. The van der Waals surface area contributed by atoms with Gasteiger partial charge in [-0.15, -0.1) is 0 Å². The lowest BCUT2D eigenvalue weighted by Crippen LogP contribution is -2.40. The standard InChI is InChI=1S/C10H12N4O2/c1-6-3-2-4-11-9(6)12-10(16)7-5-8(15)14-13-7/h2-4,7,13H,5H2,1H3,(H,14,15)(H,11,12,16). The van der Waals surface area contributed by atoms with Crippen molar-refractivity contribution in [3.05, 3.63) is 23.9 Å². The summed E-state index contributed by atoms with van der Waals surface area (Å²) in [5.74, 6) is 0.0756. The molecule has 0 aromatic carbocycles. The molecule has 1 saturated heterocycles. The lowest BCUT2D eigenvalue weighted by Gasteiger charge is -2.10. The number of rotatable bonds is 2. The number of carbonyl (C=O) groups is 2. The van der Waals surface area contributed by atoms with Gasteiger partial charge in [0.1, 0.15) is 11.9 Å². The van der Waals surface area contributed by atoms with E-state index in [1.807, 2.05) is 13.0 Å². The summed E-state index contributed by atoms with van der Waals surface area (Å²) >= 11 is 0. The Kier molecular flexibility index (Phi) is 2.82. The van der Waals surface area contributed by atoms with E-state index in [1.54, 1.807) is 12.3 Å². The van der Waals surface area contributed by atoms with Crippen molar-refractivity contribution in [3.63, 3.8) is 0 Å². The fourth-order valence-electron chi connectivity index (χ4n) is 1.43. The summed E-state index contributed by atoms with van der Waals surface area (Å²) in [5, 5.41) is 2.67. The summed E-state index contributed by atoms with van der Waals surface area (Å²) in [7, 11) is 0. The zero-order valence-electron chi connectivity index (χ0n) is 8.78. The van der Waals surface area contributed by atoms with Crippen LogP contribution in [0.2, 0.25) is 0 Å². The molecule has 1 unspecified atom stereocenters. The van der Waals surface area contributed by atoms with Crippen LogP contribution in [0.4, 0.5) is 5.82 Å². The molecule has 1 aliphatic rings. The monoisotopic (exact) mass is 220 g/mol. The largest absolute Gasteiger partial charge is 0.309 e. The Hall–Kier alpha value is -1.95. The molecule has 2 amide bonds. The number of hydrazine groups is 1. The van der Waals surface area contributed by atoms with Crippen molar-refractivity contribution in [2.75, 3.05) is 5.32 Å². The van der Waals surface area contributed by atoms with E-state index in [1.165, 1.54) is 0 Å². The minimum absolute atomic E-state index is 0.151. The van der Waals surface area contributed by atoms with Crippen LogP contribution in [0.1, 0.15) is 12.0 Å². The molecule has 3 N–H and O–H groups in total. The van der Waals surface area contributed by atoms with Gasteiger partial charge in [-0.05, 0) is 18.6 Å². The van der Waals surface area contributed by atoms with Gasteiger partial charge < -0.3 is 5.32 Å². The number of amides is 2. The van der Waals surface area contributed by atoms with Crippen molar-refractivity contribution in [1.82, 2.24) is 15.8 Å². The second-order valence-electron chi connectivity index (χ2n) is 3.61. The zero-order chi connectivity index (χ0) is 11.5. The number of aromatic nitrogens is 1. The summed E-state index contributed by atoms with van der Waals surface area (Å²) in [6.07, 6.45) is 1.76. The molecule has 0 bridgehead atoms. The van der Waals surface area contributed by atoms with Crippen LogP contribution in [0.5, 0.6) is 0 Å². The third-order valence-corrected chi connectivity index (χ3v) is 2.34. The molecule has 0 spiro atoms.